The van der Waals surface area contributed by atoms with E-state index in [1.54, 1.807) is 12.3 Å². The molecule has 0 atom stereocenters. The van der Waals surface area contributed by atoms with Gasteiger partial charge in [-0.2, -0.15) is 9.49 Å². The molecule has 3 aromatic rings. The van der Waals surface area contributed by atoms with Gasteiger partial charge in [-0.25, -0.2) is 4.52 Å². The van der Waals surface area contributed by atoms with Gasteiger partial charge >= 0.3 is 0 Å². The van der Waals surface area contributed by atoms with Gasteiger partial charge in [-0.05, 0) is 50.1 Å². The van der Waals surface area contributed by atoms with Gasteiger partial charge in [0.1, 0.15) is 0 Å². The van der Waals surface area contributed by atoms with Crippen molar-refractivity contribution in [3.63, 3.8) is 0 Å². The second kappa shape index (κ2) is 5.76. The maximum absolute atomic E-state index is 13.7. The topological polar surface area (TPSA) is 58.8 Å². The molecule has 5 nitrogen and oxygen atoms in total. The molecule has 0 fully saturated rings. The van der Waals surface area contributed by atoms with Crippen molar-refractivity contribution in [2.75, 3.05) is 5.32 Å². The molecule has 0 bridgehead atoms. The molecule has 0 radical (unpaired) electrons. The van der Waals surface area contributed by atoms with E-state index in [1.165, 1.54) is 17.5 Å². The van der Waals surface area contributed by atoms with Gasteiger partial charge in [0, 0.05) is 23.7 Å². The van der Waals surface area contributed by atoms with Gasteiger partial charge in [-0.3, -0.25) is 9.79 Å². The van der Waals surface area contributed by atoms with Crippen LogP contribution in [0.15, 0.2) is 47.6 Å². The van der Waals surface area contributed by atoms with Gasteiger partial charge in [0.25, 0.3) is 0 Å². The smallest absolute Gasteiger partial charge is 0.221 e. The van der Waals surface area contributed by atoms with E-state index in [0.29, 0.717) is 5.52 Å². The molecule has 0 aliphatic carbocycles. The van der Waals surface area contributed by atoms with Crippen molar-refractivity contribution in [3.8, 4) is 0 Å². The number of aromatic nitrogens is 2. The fourth-order valence-corrected chi connectivity index (χ4v) is 3.46. The van der Waals surface area contributed by atoms with Crippen molar-refractivity contribution in [2.24, 2.45) is 4.99 Å². The van der Waals surface area contributed by atoms with Crippen LogP contribution in [0.1, 0.15) is 37.5 Å². The first-order valence-corrected chi connectivity index (χ1v) is 8.47. The lowest BCUT2D eigenvalue weighted by molar-refractivity contribution is -0.114. The standard InChI is InChI=1S/C20H19FN4O/c1-12(26)23-17-6-4-5-15-16(17)10-20(2,3)24-19(15)13-9-14-7-8-18(21)25(14)22-11-13/h4-9,11H,10H2,1-3H3,(H,23,26). The third-order valence-corrected chi connectivity index (χ3v) is 4.49. The number of carbonyl (C=O) groups is 1. The minimum absolute atomic E-state index is 0.105. The van der Waals surface area contributed by atoms with Crippen molar-refractivity contribution in [1.29, 1.82) is 0 Å². The van der Waals surface area contributed by atoms with Crippen LogP contribution in [0.5, 0.6) is 0 Å². The summed E-state index contributed by atoms with van der Waals surface area (Å²) in [6.45, 7) is 5.62. The number of fused-ring (bicyclic) bond motifs is 2. The second-order valence-electron chi connectivity index (χ2n) is 7.20. The maximum atomic E-state index is 13.7. The molecule has 3 heterocycles. The summed E-state index contributed by atoms with van der Waals surface area (Å²) in [7, 11) is 0. The number of carbonyl (C=O) groups excluding carboxylic acids is 1. The molecule has 0 saturated heterocycles. The van der Waals surface area contributed by atoms with Crippen LogP contribution in [0.3, 0.4) is 0 Å². The third kappa shape index (κ3) is 2.77. The molecule has 2 aromatic heterocycles. The Morgan fingerprint density at radius 2 is 2.08 bits per heavy atom. The number of hydrogen-bond donors (Lipinski definition) is 1. The largest absolute Gasteiger partial charge is 0.326 e. The summed E-state index contributed by atoms with van der Waals surface area (Å²) >= 11 is 0. The first kappa shape index (κ1) is 16.4. The predicted molar refractivity (Wildman–Crippen MR) is 99.3 cm³/mol. The number of hydrogen-bond acceptors (Lipinski definition) is 3. The number of nitrogens with one attached hydrogen (secondary N) is 1. The zero-order valence-corrected chi connectivity index (χ0v) is 14.9. The molecule has 1 aliphatic heterocycles. The monoisotopic (exact) mass is 350 g/mol. The Morgan fingerprint density at radius 3 is 2.85 bits per heavy atom. The number of anilines is 1. The average molecular weight is 350 g/mol. The Kier molecular flexibility index (Phi) is 3.64. The van der Waals surface area contributed by atoms with Crippen LogP contribution in [-0.4, -0.2) is 26.8 Å². The quantitative estimate of drug-likeness (QED) is 0.768. The van der Waals surface area contributed by atoms with Crippen molar-refractivity contribution >= 4 is 22.8 Å². The first-order chi connectivity index (χ1) is 12.3. The predicted octanol–water partition coefficient (Wildman–Crippen LogP) is 3.60. The lowest BCUT2D eigenvalue weighted by Gasteiger charge is -2.30. The van der Waals surface area contributed by atoms with Gasteiger partial charge in [-0.15, -0.1) is 0 Å². The van der Waals surface area contributed by atoms with E-state index in [9.17, 15) is 9.18 Å². The zero-order chi connectivity index (χ0) is 18.5. The number of halogens is 1. The number of amides is 1. The third-order valence-electron chi connectivity index (χ3n) is 4.49. The SMILES string of the molecule is CC(=O)Nc1cccc2c1CC(C)(C)N=C2c1cnn2c(F)ccc2c1. The Morgan fingerprint density at radius 1 is 1.27 bits per heavy atom. The van der Waals surface area contributed by atoms with Crippen LogP contribution < -0.4 is 5.32 Å². The van der Waals surface area contributed by atoms with Crippen LogP contribution in [0.4, 0.5) is 10.1 Å². The molecular formula is C20H19FN4O. The molecule has 0 saturated carbocycles. The van der Waals surface area contributed by atoms with Gasteiger partial charge in [0.2, 0.25) is 11.9 Å². The Bertz CT molecular complexity index is 1060. The maximum Gasteiger partial charge on any atom is 0.221 e. The lowest BCUT2D eigenvalue weighted by Crippen LogP contribution is -2.30. The lowest BCUT2D eigenvalue weighted by atomic mass is 9.84. The normalized spacial score (nSPS) is 15.5. The fraction of sp³-hybridized carbons (Fsp3) is 0.250. The summed E-state index contributed by atoms with van der Waals surface area (Å²) in [6.07, 6.45) is 2.35. The van der Waals surface area contributed by atoms with Crippen LogP contribution in [0.25, 0.3) is 5.52 Å². The van der Waals surface area contributed by atoms with Crippen molar-refractivity contribution in [2.45, 2.75) is 32.7 Å². The van der Waals surface area contributed by atoms with E-state index < -0.39 is 5.95 Å². The number of benzene rings is 1. The van der Waals surface area contributed by atoms with Gasteiger partial charge in [0.05, 0.1) is 23.0 Å². The summed E-state index contributed by atoms with van der Waals surface area (Å²) in [5.74, 6) is -0.502. The number of rotatable bonds is 2. The van der Waals surface area contributed by atoms with Gasteiger partial charge in [0.15, 0.2) is 0 Å². The van der Waals surface area contributed by atoms with Crippen LogP contribution in [0.2, 0.25) is 0 Å². The minimum atomic E-state index is -0.397. The number of aliphatic imine (C=N–C) groups is 1. The molecule has 26 heavy (non-hydrogen) atoms. The summed E-state index contributed by atoms with van der Waals surface area (Å²) in [6, 6.07) is 10.8. The highest BCUT2D eigenvalue weighted by Gasteiger charge is 2.29. The van der Waals surface area contributed by atoms with E-state index in [4.69, 9.17) is 4.99 Å². The molecule has 6 heteroatoms. The summed E-state index contributed by atoms with van der Waals surface area (Å²) < 4.78 is 14.9. The molecule has 132 valence electrons. The average Bonchev–Trinajstić information content (AvgIpc) is 2.94. The molecule has 1 N–H and O–H groups in total. The van der Waals surface area contributed by atoms with Crippen molar-refractivity contribution in [3.05, 3.63) is 65.2 Å². The highest BCUT2D eigenvalue weighted by molar-refractivity contribution is 6.15. The Hall–Kier alpha value is -3.02. The highest BCUT2D eigenvalue weighted by Crippen LogP contribution is 2.34. The minimum Gasteiger partial charge on any atom is -0.326 e. The van der Waals surface area contributed by atoms with E-state index in [0.717, 1.165) is 34.5 Å². The van der Waals surface area contributed by atoms with Crippen LogP contribution in [0, 0.1) is 5.95 Å². The molecule has 4 rings (SSSR count). The second-order valence-corrected chi connectivity index (χ2v) is 7.20. The number of nitrogens with zero attached hydrogens (tertiary/aromatic N) is 3. The van der Waals surface area contributed by atoms with E-state index >= 15 is 0 Å². The van der Waals surface area contributed by atoms with Gasteiger partial charge < -0.3 is 5.32 Å². The van der Waals surface area contributed by atoms with Crippen LogP contribution in [-0.2, 0) is 11.2 Å². The molecule has 1 aliphatic rings. The summed E-state index contributed by atoms with van der Waals surface area (Å²) in [5, 5.41) is 7.11. The Balaban J connectivity index is 1.90. The van der Waals surface area contributed by atoms with E-state index in [2.05, 4.69) is 24.3 Å². The molecule has 0 unspecified atom stereocenters. The first-order valence-electron chi connectivity index (χ1n) is 8.47. The molecule has 0 spiro atoms. The Labute approximate surface area is 150 Å². The fourth-order valence-electron chi connectivity index (χ4n) is 3.46. The van der Waals surface area contributed by atoms with Gasteiger partial charge in [-0.1, -0.05) is 12.1 Å². The van der Waals surface area contributed by atoms with Crippen molar-refractivity contribution < 1.29 is 9.18 Å². The van der Waals surface area contributed by atoms with E-state index in [-0.39, 0.29) is 11.4 Å². The molecular weight excluding hydrogens is 331 g/mol. The molecule has 1 amide bonds. The highest BCUT2D eigenvalue weighted by atomic mass is 19.1. The van der Waals surface area contributed by atoms with E-state index in [1.807, 2.05) is 24.3 Å². The summed E-state index contributed by atoms with van der Waals surface area (Å²) in [4.78, 5) is 16.5. The summed E-state index contributed by atoms with van der Waals surface area (Å²) in [5.41, 5.74) is 4.80. The zero-order valence-electron chi connectivity index (χ0n) is 14.9. The van der Waals surface area contributed by atoms with Crippen molar-refractivity contribution in [1.82, 2.24) is 9.61 Å². The molecule has 1 aromatic carbocycles. The van der Waals surface area contributed by atoms with Crippen LogP contribution >= 0.6 is 0 Å².